The van der Waals surface area contributed by atoms with Crippen LogP contribution in [0.5, 0.6) is 0 Å². The fraction of sp³-hybridized carbons (Fsp3) is 0. The maximum Gasteiger partial charge on any atom is 0.261 e. The molecular weight excluding hydrogens is 449 g/mol. The predicted octanol–water partition coefficient (Wildman–Crippen LogP) is 5.14. The molecule has 3 aromatic carbocycles. The molecule has 4 rings (SSSR count). The van der Waals surface area contributed by atoms with Crippen LogP contribution in [-0.4, -0.2) is 19.3 Å². The smallest absolute Gasteiger partial charge is 0.261 e. The van der Waals surface area contributed by atoms with Crippen molar-refractivity contribution >= 4 is 59.9 Å². The number of thiazole rings is 1. The summed E-state index contributed by atoms with van der Waals surface area (Å²) in [6, 6.07) is 15.8. The Morgan fingerprint density at radius 3 is 2.50 bits per heavy atom. The van der Waals surface area contributed by atoms with Gasteiger partial charge in [-0.2, -0.15) is 0 Å². The highest BCUT2D eigenvalue weighted by Crippen LogP contribution is 2.31. The maximum absolute atomic E-state index is 13.0. The molecule has 0 spiro atoms. The largest absolute Gasteiger partial charge is 0.298 e. The number of carbonyl (C=O) groups is 1. The molecule has 10 heteroatoms. The van der Waals surface area contributed by atoms with Crippen molar-refractivity contribution in [3.8, 4) is 0 Å². The fourth-order valence-corrected chi connectivity index (χ4v) is 4.90. The molecule has 0 atom stereocenters. The van der Waals surface area contributed by atoms with Crippen molar-refractivity contribution in [2.24, 2.45) is 0 Å². The molecule has 0 saturated heterocycles. The maximum atomic E-state index is 13.0. The van der Waals surface area contributed by atoms with Gasteiger partial charge in [-0.3, -0.25) is 14.8 Å². The number of hydrogen-bond donors (Lipinski definition) is 2. The minimum absolute atomic E-state index is 0.0925. The zero-order chi connectivity index (χ0) is 21.3. The molecule has 1 amide bonds. The Bertz CT molecular complexity index is 1360. The van der Waals surface area contributed by atoms with Gasteiger partial charge in [0.15, 0.2) is 5.13 Å². The third-order valence-electron chi connectivity index (χ3n) is 4.09. The van der Waals surface area contributed by atoms with Crippen molar-refractivity contribution in [2.45, 2.75) is 4.90 Å². The summed E-state index contributed by atoms with van der Waals surface area (Å²) in [6.45, 7) is 0. The van der Waals surface area contributed by atoms with Gasteiger partial charge in [0.25, 0.3) is 15.9 Å². The third kappa shape index (κ3) is 4.28. The lowest BCUT2D eigenvalue weighted by molar-refractivity contribution is 0.102. The molecule has 0 aliphatic heterocycles. The van der Waals surface area contributed by atoms with Crippen molar-refractivity contribution in [3.63, 3.8) is 0 Å². The first-order chi connectivity index (χ1) is 14.3. The quantitative estimate of drug-likeness (QED) is 0.430. The normalized spacial score (nSPS) is 11.4. The molecule has 0 saturated carbocycles. The van der Waals surface area contributed by atoms with Crippen LogP contribution >= 0.6 is 22.9 Å². The summed E-state index contributed by atoms with van der Waals surface area (Å²) in [5, 5.41) is 3.56. The van der Waals surface area contributed by atoms with E-state index >= 15 is 0 Å². The van der Waals surface area contributed by atoms with Gasteiger partial charge in [0, 0.05) is 11.3 Å². The van der Waals surface area contributed by atoms with Gasteiger partial charge in [0.05, 0.1) is 14.6 Å². The molecular formula is C20H13ClFN3O3S2. The number of carbonyl (C=O) groups excluding carboxylic acids is 1. The van der Waals surface area contributed by atoms with Gasteiger partial charge in [-0.25, -0.2) is 17.8 Å². The molecule has 0 bridgehead atoms. The molecule has 30 heavy (non-hydrogen) atoms. The average Bonchev–Trinajstić information content (AvgIpc) is 3.12. The Labute approximate surface area is 180 Å². The van der Waals surface area contributed by atoms with Crippen molar-refractivity contribution in [1.82, 2.24) is 4.98 Å². The van der Waals surface area contributed by atoms with E-state index in [0.29, 0.717) is 15.7 Å². The van der Waals surface area contributed by atoms with Gasteiger partial charge >= 0.3 is 0 Å². The van der Waals surface area contributed by atoms with Gasteiger partial charge in [0.1, 0.15) is 11.3 Å². The van der Waals surface area contributed by atoms with E-state index in [1.165, 1.54) is 23.5 Å². The van der Waals surface area contributed by atoms with Crippen molar-refractivity contribution in [3.05, 3.63) is 83.1 Å². The number of hydrogen-bond acceptors (Lipinski definition) is 5. The molecule has 0 aliphatic carbocycles. The van der Waals surface area contributed by atoms with Gasteiger partial charge in [-0.15, -0.1) is 0 Å². The molecule has 1 heterocycles. The van der Waals surface area contributed by atoms with Gasteiger partial charge in [-0.05, 0) is 54.6 Å². The van der Waals surface area contributed by atoms with E-state index in [1.807, 2.05) is 6.07 Å². The lowest BCUT2D eigenvalue weighted by Crippen LogP contribution is -2.15. The first-order valence-corrected chi connectivity index (χ1v) is 11.2. The third-order valence-corrected chi connectivity index (χ3v) is 6.73. The summed E-state index contributed by atoms with van der Waals surface area (Å²) in [4.78, 5) is 16.8. The minimum atomic E-state index is -3.93. The molecule has 1 aromatic heterocycles. The van der Waals surface area contributed by atoms with Crippen LogP contribution in [0.3, 0.4) is 0 Å². The summed E-state index contributed by atoms with van der Waals surface area (Å²) in [7, 11) is -3.93. The van der Waals surface area contributed by atoms with E-state index < -0.39 is 21.7 Å². The number of sulfonamides is 1. The number of halogens is 2. The van der Waals surface area contributed by atoms with E-state index in [0.717, 1.165) is 29.0 Å². The molecule has 0 radical (unpaired) electrons. The van der Waals surface area contributed by atoms with E-state index in [1.54, 1.807) is 24.3 Å². The number of anilines is 2. The fourth-order valence-electron chi connectivity index (χ4n) is 2.69. The molecule has 0 aliphatic rings. The Morgan fingerprint density at radius 1 is 1.03 bits per heavy atom. The first-order valence-electron chi connectivity index (χ1n) is 8.57. The number of aromatic nitrogens is 1. The second-order valence-corrected chi connectivity index (χ2v) is 9.32. The SMILES string of the molecule is O=C(Nc1nc2c(Cl)cccc2s1)c1cccc(NS(=O)(=O)c2ccc(F)cc2)c1. The second-order valence-electron chi connectivity index (χ2n) is 6.20. The van der Waals surface area contributed by atoms with E-state index in [-0.39, 0.29) is 16.1 Å². The van der Waals surface area contributed by atoms with Crippen LogP contribution in [0.4, 0.5) is 15.2 Å². The number of para-hydroxylation sites is 1. The highest BCUT2D eigenvalue weighted by Gasteiger charge is 2.16. The van der Waals surface area contributed by atoms with Crippen LogP contribution in [0.1, 0.15) is 10.4 Å². The van der Waals surface area contributed by atoms with Crippen LogP contribution in [0, 0.1) is 5.82 Å². The Kier molecular flexibility index (Phi) is 5.42. The van der Waals surface area contributed by atoms with Gasteiger partial charge in [-0.1, -0.05) is 35.1 Å². The highest BCUT2D eigenvalue weighted by molar-refractivity contribution is 7.92. The predicted molar refractivity (Wildman–Crippen MR) is 116 cm³/mol. The topological polar surface area (TPSA) is 88.2 Å². The molecule has 0 unspecified atom stereocenters. The number of benzene rings is 3. The number of fused-ring (bicyclic) bond motifs is 1. The molecule has 0 fully saturated rings. The summed E-state index contributed by atoms with van der Waals surface area (Å²) >= 11 is 7.39. The zero-order valence-corrected chi connectivity index (χ0v) is 17.5. The average molecular weight is 462 g/mol. The van der Waals surface area contributed by atoms with Crippen LogP contribution in [-0.2, 0) is 10.0 Å². The summed E-state index contributed by atoms with van der Waals surface area (Å²) < 4.78 is 41.2. The molecule has 152 valence electrons. The van der Waals surface area contributed by atoms with Crippen LogP contribution in [0.15, 0.2) is 71.6 Å². The van der Waals surface area contributed by atoms with E-state index in [9.17, 15) is 17.6 Å². The number of amides is 1. The summed E-state index contributed by atoms with van der Waals surface area (Å²) in [6.07, 6.45) is 0. The van der Waals surface area contributed by atoms with Crippen molar-refractivity contribution in [1.29, 1.82) is 0 Å². The first kappa shape index (κ1) is 20.3. The van der Waals surface area contributed by atoms with Gasteiger partial charge in [0.2, 0.25) is 0 Å². The monoisotopic (exact) mass is 461 g/mol. The van der Waals surface area contributed by atoms with Crippen molar-refractivity contribution < 1.29 is 17.6 Å². The Morgan fingerprint density at radius 2 is 1.77 bits per heavy atom. The Hall–Kier alpha value is -3.01. The number of nitrogens with one attached hydrogen (secondary N) is 2. The number of nitrogens with zero attached hydrogens (tertiary/aromatic N) is 1. The van der Waals surface area contributed by atoms with Crippen LogP contribution < -0.4 is 10.0 Å². The van der Waals surface area contributed by atoms with Gasteiger partial charge < -0.3 is 0 Å². The van der Waals surface area contributed by atoms with E-state index in [2.05, 4.69) is 15.0 Å². The Balaban J connectivity index is 1.54. The zero-order valence-electron chi connectivity index (χ0n) is 15.1. The lowest BCUT2D eigenvalue weighted by atomic mass is 10.2. The standard InChI is InChI=1S/C20H13ClFN3O3S2/c21-16-5-2-6-17-18(16)23-20(29-17)24-19(26)12-3-1-4-14(11-12)25-30(27,28)15-9-7-13(22)8-10-15/h1-11,25H,(H,23,24,26). The van der Waals surface area contributed by atoms with Crippen LogP contribution in [0.25, 0.3) is 10.2 Å². The summed E-state index contributed by atoms with van der Waals surface area (Å²) in [5.41, 5.74) is 1.03. The highest BCUT2D eigenvalue weighted by atomic mass is 35.5. The molecule has 6 nitrogen and oxygen atoms in total. The summed E-state index contributed by atoms with van der Waals surface area (Å²) in [5.74, 6) is -0.989. The minimum Gasteiger partial charge on any atom is -0.298 e. The second kappa shape index (κ2) is 8.02. The molecule has 4 aromatic rings. The molecule has 2 N–H and O–H groups in total. The van der Waals surface area contributed by atoms with Crippen LogP contribution in [0.2, 0.25) is 5.02 Å². The van der Waals surface area contributed by atoms with E-state index in [4.69, 9.17) is 11.6 Å². The number of rotatable bonds is 5. The van der Waals surface area contributed by atoms with Crippen molar-refractivity contribution in [2.75, 3.05) is 10.0 Å². The lowest BCUT2D eigenvalue weighted by Gasteiger charge is -2.09.